The van der Waals surface area contributed by atoms with Gasteiger partial charge in [0.1, 0.15) is 17.0 Å². The number of carbonyl (C=O) groups is 1. The Kier molecular flexibility index (Phi) is 2.57. The predicted octanol–water partition coefficient (Wildman–Crippen LogP) is 1.18. The van der Waals surface area contributed by atoms with Gasteiger partial charge < -0.3 is 15.5 Å². The Balaban J connectivity index is 1.61. The van der Waals surface area contributed by atoms with Crippen molar-refractivity contribution in [2.45, 2.75) is 25.8 Å². The highest BCUT2D eigenvalue weighted by Crippen LogP contribution is 2.46. The van der Waals surface area contributed by atoms with Crippen molar-refractivity contribution in [1.82, 2.24) is 15.0 Å². The van der Waals surface area contributed by atoms with Crippen molar-refractivity contribution < 1.29 is 6.17 Å². The lowest BCUT2D eigenvalue weighted by Gasteiger charge is -2.40. The van der Waals surface area contributed by atoms with Crippen LogP contribution in [0.5, 0.6) is 0 Å². The van der Waals surface area contributed by atoms with Crippen LogP contribution in [0.25, 0.3) is 11.0 Å². The zero-order chi connectivity index (χ0) is 17.3. The van der Waals surface area contributed by atoms with E-state index >= 15 is 0 Å². The molecular formula is C17H20N6O. The SMILES string of the molecule is [2H]C1[C@H]2CN(c3cc4nc(C(N)=O)cnc4c(N4CC[C@@H]4C)n3)C[C@@H]12. The number of nitrogens with two attached hydrogens (primary N) is 1. The fourth-order valence-corrected chi connectivity index (χ4v) is 3.72. The molecule has 4 atom stereocenters. The van der Waals surface area contributed by atoms with E-state index in [2.05, 4.69) is 26.7 Å². The molecular weight excluding hydrogens is 304 g/mol. The minimum Gasteiger partial charge on any atom is -0.364 e. The van der Waals surface area contributed by atoms with E-state index in [1.807, 2.05) is 6.07 Å². The van der Waals surface area contributed by atoms with Gasteiger partial charge in [-0.3, -0.25) is 4.79 Å². The number of rotatable bonds is 3. The number of hydrogen-bond acceptors (Lipinski definition) is 6. The van der Waals surface area contributed by atoms with E-state index < -0.39 is 5.91 Å². The van der Waals surface area contributed by atoms with Crippen molar-refractivity contribution in [3.05, 3.63) is 18.0 Å². The summed E-state index contributed by atoms with van der Waals surface area (Å²) >= 11 is 0. The fraction of sp³-hybridized carbons (Fsp3) is 0.529. The van der Waals surface area contributed by atoms with Gasteiger partial charge in [0.2, 0.25) is 0 Å². The third-order valence-corrected chi connectivity index (χ3v) is 5.43. The zero-order valence-corrected chi connectivity index (χ0v) is 13.5. The minimum atomic E-state index is -0.578. The van der Waals surface area contributed by atoms with E-state index in [0.29, 0.717) is 28.9 Å². The quantitative estimate of drug-likeness (QED) is 0.911. The summed E-state index contributed by atoms with van der Waals surface area (Å²) in [5.41, 5.74) is 6.89. The monoisotopic (exact) mass is 325 g/mol. The van der Waals surface area contributed by atoms with E-state index in [9.17, 15) is 4.79 Å². The Labute approximate surface area is 141 Å². The molecule has 0 aromatic carbocycles. The minimum absolute atomic E-state index is 0.0906. The number of amides is 1. The third kappa shape index (κ3) is 2.03. The first-order valence-electron chi connectivity index (χ1n) is 9.02. The highest BCUT2D eigenvalue weighted by atomic mass is 16.1. The Morgan fingerprint density at radius 3 is 2.79 bits per heavy atom. The number of primary amides is 1. The number of fused-ring (bicyclic) bond motifs is 2. The first kappa shape index (κ1) is 12.9. The first-order chi connectivity index (χ1) is 12.0. The van der Waals surface area contributed by atoms with Crippen molar-refractivity contribution in [3.63, 3.8) is 0 Å². The van der Waals surface area contributed by atoms with Gasteiger partial charge in [-0.05, 0) is 31.6 Å². The van der Waals surface area contributed by atoms with Crippen LogP contribution in [-0.2, 0) is 0 Å². The molecule has 2 N–H and O–H groups in total. The summed E-state index contributed by atoms with van der Waals surface area (Å²) in [6.45, 7) is 4.86. The van der Waals surface area contributed by atoms with Gasteiger partial charge in [-0.2, -0.15) is 0 Å². The maximum absolute atomic E-state index is 11.5. The summed E-state index contributed by atoms with van der Waals surface area (Å²) in [5.74, 6) is 2.04. The number of nitrogens with zero attached hydrogens (tertiary/aromatic N) is 5. The lowest BCUT2D eigenvalue weighted by Crippen LogP contribution is -2.46. The van der Waals surface area contributed by atoms with Gasteiger partial charge in [-0.15, -0.1) is 0 Å². The maximum Gasteiger partial charge on any atom is 0.268 e. The van der Waals surface area contributed by atoms with Crippen molar-refractivity contribution >= 4 is 28.6 Å². The largest absolute Gasteiger partial charge is 0.364 e. The molecule has 1 amide bonds. The fourth-order valence-electron chi connectivity index (χ4n) is 3.72. The van der Waals surface area contributed by atoms with Gasteiger partial charge in [0.15, 0.2) is 5.82 Å². The van der Waals surface area contributed by atoms with E-state index in [1.165, 1.54) is 6.20 Å². The van der Waals surface area contributed by atoms with Crippen molar-refractivity contribution in [2.24, 2.45) is 17.6 Å². The molecule has 5 rings (SSSR count). The molecule has 7 nitrogen and oxygen atoms in total. The second kappa shape index (κ2) is 4.78. The number of anilines is 2. The number of hydrogen-bond donors (Lipinski definition) is 1. The molecule has 2 aromatic rings. The van der Waals surface area contributed by atoms with Crippen LogP contribution >= 0.6 is 0 Å². The average Bonchev–Trinajstić information content (AvgIpc) is 3.00. The van der Waals surface area contributed by atoms with Gasteiger partial charge in [0, 0.05) is 33.1 Å². The molecule has 0 spiro atoms. The lowest BCUT2D eigenvalue weighted by molar-refractivity contribution is 0.0995. The zero-order valence-electron chi connectivity index (χ0n) is 14.5. The molecule has 1 aliphatic carbocycles. The van der Waals surface area contributed by atoms with Crippen LogP contribution in [0, 0.1) is 11.8 Å². The van der Waals surface area contributed by atoms with Crippen molar-refractivity contribution in [3.8, 4) is 0 Å². The van der Waals surface area contributed by atoms with E-state index in [0.717, 1.165) is 37.7 Å². The molecule has 124 valence electrons. The molecule has 0 radical (unpaired) electrons. The van der Waals surface area contributed by atoms with Gasteiger partial charge in [-0.1, -0.05) is 0 Å². The highest BCUT2D eigenvalue weighted by molar-refractivity contribution is 5.95. The summed E-state index contributed by atoms with van der Waals surface area (Å²) in [6, 6.07) is 2.32. The summed E-state index contributed by atoms with van der Waals surface area (Å²) < 4.78 is 7.91. The molecule has 7 heteroatoms. The second-order valence-corrected chi connectivity index (χ2v) is 7.05. The number of pyridine rings is 1. The number of piperidine rings is 1. The van der Waals surface area contributed by atoms with Crippen LogP contribution in [-0.4, -0.2) is 46.5 Å². The van der Waals surface area contributed by atoms with E-state index in [4.69, 9.17) is 12.1 Å². The smallest absolute Gasteiger partial charge is 0.268 e. The van der Waals surface area contributed by atoms with E-state index in [-0.39, 0.29) is 12.1 Å². The number of aromatic nitrogens is 3. The second-order valence-electron chi connectivity index (χ2n) is 7.05. The van der Waals surface area contributed by atoms with Gasteiger partial charge in [0.25, 0.3) is 5.91 Å². The number of carbonyl (C=O) groups excluding carboxylic acids is 1. The van der Waals surface area contributed by atoms with Gasteiger partial charge >= 0.3 is 0 Å². The van der Waals surface area contributed by atoms with Crippen molar-refractivity contribution in [2.75, 3.05) is 29.4 Å². The maximum atomic E-state index is 11.5. The van der Waals surface area contributed by atoms with E-state index in [1.54, 1.807) is 0 Å². The molecule has 1 saturated carbocycles. The first-order valence-corrected chi connectivity index (χ1v) is 8.44. The summed E-state index contributed by atoms with van der Waals surface area (Å²) in [6.07, 6.45) is 2.65. The molecule has 2 aliphatic heterocycles. The van der Waals surface area contributed by atoms with Crippen molar-refractivity contribution in [1.29, 1.82) is 0 Å². The van der Waals surface area contributed by atoms with Gasteiger partial charge in [0.05, 0.1) is 11.7 Å². The molecule has 1 unspecified atom stereocenters. The molecule has 24 heavy (non-hydrogen) atoms. The Bertz CT molecular complexity index is 877. The normalized spacial score (nSPS) is 31.6. The summed E-state index contributed by atoms with van der Waals surface area (Å²) in [7, 11) is 0. The Morgan fingerprint density at radius 2 is 2.17 bits per heavy atom. The average molecular weight is 325 g/mol. The third-order valence-electron chi connectivity index (χ3n) is 5.43. The van der Waals surface area contributed by atoms with Crippen LogP contribution in [0.3, 0.4) is 0 Å². The summed E-state index contributed by atoms with van der Waals surface area (Å²) in [5, 5.41) is 0. The van der Waals surface area contributed by atoms with Crippen LogP contribution in [0.4, 0.5) is 11.6 Å². The lowest BCUT2D eigenvalue weighted by atomic mass is 10.1. The van der Waals surface area contributed by atoms with Crippen LogP contribution in [0.1, 0.15) is 31.6 Å². The van der Waals surface area contributed by atoms with Crippen LogP contribution < -0.4 is 15.5 Å². The topological polar surface area (TPSA) is 88.2 Å². The Morgan fingerprint density at radius 1 is 1.38 bits per heavy atom. The summed E-state index contributed by atoms with van der Waals surface area (Å²) in [4.78, 5) is 29.7. The van der Waals surface area contributed by atoms with Gasteiger partial charge in [-0.25, -0.2) is 15.0 Å². The Hall–Kier alpha value is -2.44. The van der Waals surface area contributed by atoms with Crippen LogP contribution in [0.2, 0.25) is 0 Å². The standard InChI is InChI=1S/C17H20N6O/c1-9-2-3-23(9)17-15-12(20-13(6-19-15)16(18)24)5-14(21-17)22-7-10-4-11(10)8-22/h5-6,9-11H,2-4,7-8H2,1H3,(H2,18,24)/t9-,10-,11+/m0/s1/i4D/t4?,9-,10-,11+. The molecule has 2 aromatic heterocycles. The molecule has 4 heterocycles. The molecule has 2 saturated heterocycles. The molecule has 3 aliphatic rings. The highest BCUT2D eigenvalue weighted by Gasteiger charge is 2.45. The van der Waals surface area contributed by atoms with Crippen LogP contribution in [0.15, 0.2) is 12.3 Å². The molecule has 0 bridgehead atoms. The predicted molar refractivity (Wildman–Crippen MR) is 91.1 cm³/mol. The molecule has 3 fully saturated rings.